The minimum atomic E-state index is -0.566. The zero-order chi connectivity index (χ0) is 14.1. The number of aromatic hydroxyl groups is 1. The first-order valence-electron chi connectivity index (χ1n) is 6.38. The van der Waals surface area contributed by atoms with Gasteiger partial charge in [0.2, 0.25) is 0 Å². The number of ketones is 1. The van der Waals surface area contributed by atoms with Crippen LogP contribution in [0, 0.1) is 0 Å². The van der Waals surface area contributed by atoms with Gasteiger partial charge in [0.1, 0.15) is 5.75 Å². The monoisotopic (exact) mass is 274 g/mol. The van der Waals surface area contributed by atoms with Gasteiger partial charge < -0.3 is 19.7 Å². The number of ether oxygens (including phenoxy) is 1. The zero-order valence-corrected chi connectivity index (χ0v) is 10.8. The molecule has 0 atom stereocenters. The van der Waals surface area contributed by atoms with Gasteiger partial charge in [-0.15, -0.1) is 0 Å². The van der Waals surface area contributed by atoms with Crippen molar-refractivity contribution in [1.82, 2.24) is 9.88 Å². The number of hydrogen-bond donors (Lipinski definition) is 2. The van der Waals surface area contributed by atoms with Crippen LogP contribution in [0.15, 0.2) is 24.4 Å². The molecule has 3 rings (SSSR count). The molecule has 0 saturated carbocycles. The zero-order valence-electron chi connectivity index (χ0n) is 10.8. The fourth-order valence-electron chi connectivity index (χ4n) is 2.32. The number of H-pyrrole nitrogens is 1. The van der Waals surface area contributed by atoms with Gasteiger partial charge in [-0.1, -0.05) is 0 Å². The van der Waals surface area contributed by atoms with Gasteiger partial charge in [0.25, 0.3) is 11.7 Å². The Morgan fingerprint density at radius 1 is 1.25 bits per heavy atom. The van der Waals surface area contributed by atoms with Crippen molar-refractivity contribution in [1.29, 1.82) is 0 Å². The number of morpholine rings is 1. The van der Waals surface area contributed by atoms with Crippen LogP contribution in [0.1, 0.15) is 10.4 Å². The average molecular weight is 274 g/mol. The number of benzene rings is 1. The number of phenols is 1. The van der Waals surface area contributed by atoms with Crippen molar-refractivity contribution in [3.05, 3.63) is 30.0 Å². The lowest BCUT2D eigenvalue weighted by atomic mass is 10.1. The molecule has 0 radical (unpaired) electrons. The molecular formula is C14H14N2O4. The molecule has 1 amide bonds. The quantitative estimate of drug-likeness (QED) is 0.630. The first-order valence-corrected chi connectivity index (χ1v) is 6.38. The maximum atomic E-state index is 12.3. The van der Waals surface area contributed by atoms with Gasteiger partial charge in [0.05, 0.1) is 18.8 Å². The van der Waals surface area contributed by atoms with E-state index in [-0.39, 0.29) is 11.3 Å². The van der Waals surface area contributed by atoms with Crippen molar-refractivity contribution in [2.75, 3.05) is 26.3 Å². The Balaban J connectivity index is 1.91. The van der Waals surface area contributed by atoms with Crippen molar-refractivity contribution in [2.45, 2.75) is 0 Å². The van der Waals surface area contributed by atoms with Crippen LogP contribution in [0.3, 0.4) is 0 Å². The van der Waals surface area contributed by atoms with Crippen LogP contribution in [0.25, 0.3) is 10.9 Å². The Kier molecular flexibility index (Phi) is 3.15. The molecule has 6 nitrogen and oxygen atoms in total. The predicted octanol–water partition coefficient (Wildman–Crippen LogP) is 0.915. The standard InChI is InChI=1S/C14H14N2O4/c17-9-1-2-12-10(7-9)11(8-15-12)13(18)14(19)16-3-5-20-6-4-16/h1-2,7-8,15,17H,3-6H2. The second-order valence-corrected chi connectivity index (χ2v) is 4.67. The molecule has 104 valence electrons. The Labute approximate surface area is 114 Å². The van der Waals surface area contributed by atoms with E-state index in [2.05, 4.69) is 4.98 Å². The van der Waals surface area contributed by atoms with Crippen LogP contribution < -0.4 is 0 Å². The molecule has 6 heteroatoms. The summed E-state index contributed by atoms with van der Waals surface area (Å²) < 4.78 is 5.16. The molecule has 1 aliphatic rings. The number of carbonyl (C=O) groups excluding carboxylic acids is 2. The number of hydrogen-bond acceptors (Lipinski definition) is 4. The van der Waals surface area contributed by atoms with Gasteiger partial charge in [-0.05, 0) is 18.2 Å². The summed E-state index contributed by atoms with van der Waals surface area (Å²) in [5.41, 5.74) is 0.994. The summed E-state index contributed by atoms with van der Waals surface area (Å²) >= 11 is 0. The number of Topliss-reactive ketones (excluding diaryl/α,β-unsaturated/α-hetero) is 1. The number of aromatic amines is 1. The highest BCUT2D eigenvalue weighted by atomic mass is 16.5. The molecule has 1 aliphatic heterocycles. The third kappa shape index (κ3) is 2.14. The van der Waals surface area contributed by atoms with E-state index in [1.165, 1.54) is 23.2 Å². The van der Waals surface area contributed by atoms with Gasteiger partial charge in [0, 0.05) is 30.2 Å². The summed E-state index contributed by atoms with van der Waals surface area (Å²) in [6, 6.07) is 4.67. The summed E-state index contributed by atoms with van der Waals surface area (Å²) in [4.78, 5) is 28.9. The van der Waals surface area contributed by atoms with Crippen molar-refractivity contribution in [2.24, 2.45) is 0 Å². The molecule has 1 aromatic carbocycles. The lowest BCUT2D eigenvalue weighted by molar-refractivity contribution is -0.130. The number of nitrogens with one attached hydrogen (secondary N) is 1. The van der Waals surface area contributed by atoms with E-state index in [0.717, 1.165) is 0 Å². The molecule has 1 saturated heterocycles. The number of amides is 1. The minimum Gasteiger partial charge on any atom is -0.508 e. The van der Waals surface area contributed by atoms with Crippen molar-refractivity contribution < 1.29 is 19.4 Å². The van der Waals surface area contributed by atoms with E-state index in [0.29, 0.717) is 37.2 Å². The van der Waals surface area contributed by atoms with Gasteiger partial charge in [0.15, 0.2) is 0 Å². The molecule has 1 aromatic heterocycles. The summed E-state index contributed by atoms with van der Waals surface area (Å²) in [5, 5.41) is 10.1. The molecule has 20 heavy (non-hydrogen) atoms. The van der Waals surface area contributed by atoms with Gasteiger partial charge in [-0.3, -0.25) is 9.59 Å². The summed E-state index contributed by atoms with van der Waals surface area (Å²) in [5.74, 6) is -1.04. The Bertz CT molecular complexity index is 671. The number of rotatable bonds is 2. The first kappa shape index (κ1) is 12.7. The van der Waals surface area contributed by atoms with Gasteiger partial charge in [-0.2, -0.15) is 0 Å². The van der Waals surface area contributed by atoms with Gasteiger partial charge >= 0.3 is 0 Å². The van der Waals surface area contributed by atoms with Crippen LogP contribution in [0.2, 0.25) is 0 Å². The Hall–Kier alpha value is -2.34. The Morgan fingerprint density at radius 2 is 2.00 bits per heavy atom. The topological polar surface area (TPSA) is 82.6 Å². The van der Waals surface area contributed by atoms with E-state index in [9.17, 15) is 14.7 Å². The van der Waals surface area contributed by atoms with Crippen LogP contribution in [-0.4, -0.2) is 53.0 Å². The average Bonchev–Trinajstić information content (AvgIpc) is 2.89. The van der Waals surface area contributed by atoms with Crippen LogP contribution in [0.5, 0.6) is 5.75 Å². The SMILES string of the molecule is O=C(C(=O)N1CCOCC1)c1c[nH]c2ccc(O)cc12. The fourth-order valence-corrected chi connectivity index (χ4v) is 2.32. The summed E-state index contributed by atoms with van der Waals surface area (Å²) in [6.45, 7) is 1.76. The summed E-state index contributed by atoms with van der Waals surface area (Å²) in [6.07, 6.45) is 1.50. The molecule has 0 aliphatic carbocycles. The number of phenolic OH excluding ortho intramolecular Hbond substituents is 1. The van der Waals surface area contributed by atoms with E-state index in [1.54, 1.807) is 6.07 Å². The van der Waals surface area contributed by atoms with Crippen LogP contribution in [0.4, 0.5) is 0 Å². The highest BCUT2D eigenvalue weighted by Crippen LogP contribution is 2.23. The van der Waals surface area contributed by atoms with E-state index in [4.69, 9.17) is 4.74 Å². The second kappa shape index (κ2) is 4.97. The van der Waals surface area contributed by atoms with E-state index in [1.807, 2.05) is 0 Å². The fraction of sp³-hybridized carbons (Fsp3) is 0.286. The smallest absolute Gasteiger partial charge is 0.295 e. The van der Waals surface area contributed by atoms with Crippen molar-refractivity contribution >= 4 is 22.6 Å². The maximum Gasteiger partial charge on any atom is 0.295 e. The maximum absolute atomic E-state index is 12.3. The third-order valence-corrected chi connectivity index (χ3v) is 3.40. The molecule has 2 N–H and O–H groups in total. The number of aromatic nitrogens is 1. The highest BCUT2D eigenvalue weighted by Gasteiger charge is 2.26. The molecule has 2 heterocycles. The molecule has 2 aromatic rings. The van der Waals surface area contributed by atoms with E-state index < -0.39 is 11.7 Å². The third-order valence-electron chi connectivity index (χ3n) is 3.40. The molecule has 1 fully saturated rings. The molecule has 0 bridgehead atoms. The minimum absolute atomic E-state index is 0.0602. The first-order chi connectivity index (χ1) is 9.66. The largest absolute Gasteiger partial charge is 0.508 e. The normalized spacial score (nSPS) is 15.5. The predicted molar refractivity (Wildman–Crippen MR) is 71.7 cm³/mol. The Morgan fingerprint density at radius 3 is 2.75 bits per heavy atom. The van der Waals surface area contributed by atoms with Crippen molar-refractivity contribution in [3.8, 4) is 5.75 Å². The summed E-state index contributed by atoms with van der Waals surface area (Å²) in [7, 11) is 0. The highest BCUT2D eigenvalue weighted by molar-refractivity contribution is 6.44. The van der Waals surface area contributed by atoms with Crippen LogP contribution in [-0.2, 0) is 9.53 Å². The molecule has 0 spiro atoms. The van der Waals surface area contributed by atoms with Crippen LogP contribution >= 0.6 is 0 Å². The van der Waals surface area contributed by atoms with E-state index >= 15 is 0 Å². The number of nitrogens with zero attached hydrogens (tertiary/aromatic N) is 1. The van der Waals surface area contributed by atoms with Crippen molar-refractivity contribution in [3.63, 3.8) is 0 Å². The molecular weight excluding hydrogens is 260 g/mol. The lowest BCUT2D eigenvalue weighted by Crippen LogP contribution is -2.44. The lowest BCUT2D eigenvalue weighted by Gasteiger charge is -2.25. The number of fused-ring (bicyclic) bond motifs is 1. The van der Waals surface area contributed by atoms with Gasteiger partial charge in [-0.25, -0.2) is 0 Å². The second-order valence-electron chi connectivity index (χ2n) is 4.67. The number of carbonyl (C=O) groups is 2. The molecule has 0 unspecified atom stereocenters.